The van der Waals surface area contributed by atoms with Gasteiger partial charge in [-0.3, -0.25) is 9.69 Å². The summed E-state index contributed by atoms with van der Waals surface area (Å²) >= 11 is 7.04. The molecule has 5 rings (SSSR count). The molecule has 0 saturated carbocycles. The Bertz CT molecular complexity index is 1280. The van der Waals surface area contributed by atoms with Gasteiger partial charge in [-0.05, 0) is 62.4 Å². The molecule has 3 heterocycles. The van der Waals surface area contributed by atoms with Crippen molar-refractivity contribution in [1.82, 2.24) is 9.88 Å². The molecule has 3 aromatic rings. The molecule has 2 aliphatic rings. The zero-order valence-corrected chi connectivity index (χ0v) is 21.5. The lowest BCUT2D eigenvalue weighted by atomic mass is 9.98. The molecule has 2 aliphatic heterocycles. The number of benzene rings is 2. The Morgan fingerprint density at radius 2 is 1.85 bits per heavy atom. The van der Waals surface area contributed by atoms with Crippen molar-refractivity contribution in [3.05, 3.63) is 76.2 Å². The zero-order chi connectivity index (χ0) is 23.8. The quantitative estimate of drug-likeness (QED) is 0.301. The van der Waals surface area contributed by atoms with Crippen LogP contribution in [-0.4, -0.2) is 33.2 Å². The van der Waals surface area contributed by atoms with Crippen LogP contribution in [0, 0.1) is 12.8 Å². The molecule has 0 spiro atoms. The highest BCUT2D eigenvalue weighted by atomic mass is 32.2. The van der Waals surface area contributed by atoms with E-state index in [2.05, 4.69) is 43.0 Å². The first-order valence-corrected chi connectivity index (χ1v) is 13.1. The number of carbonyl (C=O) groups excluding carboxylic acids is 1. The van der Waals surface area contributed by atoms with E-state index in [-0.39, 0.29) is 11.9 Å². The number of hydrogen-bond donors (Lipinski definition) is 0. The highest BCUT2D eigenvalue weighted by Gasteiger charge is 2.36. The molecule has 1 aromatic heterocycles. The number of pyridine rings is 1. The Morgan fingerprint density at radius 3 is 2.59 bits per heavy atom. The monoisotopic (exact) mass is 487 g/mol. The second kappa shape index (κ2) is 9.51. The van der Waals surface area contributed by atoms with Crippen molar-refractivity contribution in [3.8, 4) is 0 Å². The summed E-state index contributed by atoms with van der Waals surface area (Å²) in [5.74, 6) is 1.66. The van der Waals surface area contributed by atoms with Crippen molar-refractivity contribution >= 4 is 57.0 Å². The summed E-state index contributed by atoms with van der Waals surface area (Å²) < 4.78 is 0.602. The smallest absolute Gasteiger partial charge is 0.266 e. The SMILES string of the molecule is Cc1ccc2nc(N3CCC(C)CC3)c(/C=C3\SC(=S)N(C(C)c4ccccc4)C3=O)cc2c1. The van der Waals surface area contributed by atoms with Gasteiger partial charge in [-0.1, -0.05) is 72.9 Å². The van der Waals surface area contributed by atoms with Gasteiger partial charge >= 0.3 is 0 Å². The first kappa shape index (κ1) is 23.1. The van der Waals surface area contributed by atoms with Gasteiger partial charge in [0.15, 0.2) is 0 Å². The van der Waals surface area contributed by atoms with Crippen LogP contribution in [0.5, 0.6) is 0 Å². The van der Waals surface area contributed by atoms with Crippen LogP contribution in [0.25, 0.3) is 17.0 Å². The number of fused-ring (bicyclic) bond motifs is 1. The van der Waals surface area contributed by atoms with Crippen molar-refractivity contribution in [1.29, 1.82) is 0 Å². The van der Waals surface area contributed by atoms with Crippen molar-refractivity contribution in [2.45, 2.75) is 39.7 Å². The molecule has 1 amide bonds. The summed E-state index contributed by atoms with van der Waals surface area (Å²) in [6.07, 6.45) is 4.31. The van der Waals surface area contributed by atoms with Crippen LogP contribution >= 0.6 is 24.0 Å². The molecular formula is C28H29N3OS2. The number of thiocarbonyl (C=S) groups is 1. The lowest BCUT2D eigenvalue weighted by Crippen LogP contribution is -2.34. The fourth-order valence-corrected chi connectivity index (χ4v) is 6.13. The third-order valence-corrected chi connectivity index (χ3v) is 8.17. The van der Waals surface area contributed by atoms with Crippen molar-refractivity contribution in [2.24, 2.45) is 5.92 Å². The second-order valence-electron chi connectivity index (χ2n) is 9.41. The molecular weight excluding hydrogens is 458 g/mol. The lowest BCUT2D eigenvalue weighted by molar-refractivity contribution is -0.123. The normalized spacial score (nSPS) is 19.4. The average molecular weight is 488 g/mol. The second-order valence-corrected chi connectivity index (χ2v) is 11.1. The first-order valence-electron chi connectivity index (χ1n) is 11.9. The zero-order valence-electron chi connectivity index (χ0n) is 19.8. The van der Waals surface area contributed by atoms with E-state index in [4.69, 9.17) is 17.2 Å². The van der Waals surface area contributed by atoms with E-state index in [1.165, 1.54) is 17.3 Å². The van der Waals surface area contributed by atoms with Gasteiger partial charge in [0.2, 0.25) is 0 Å². The number of piperidine rings is 1. The fourth-order valence-electron chi connectivity index (χ4n) is 4.72. The highest BCUT2D eigenvalue weighted by molar-refractivity contribution is 8.26. The molecule has 0 bridgehead atoms. The van der Waals surface area contributed by atoms with Gasteiger partial charge in [-0.2, -0.15) is 0 Å². The molecule has 0 aliphatic carbocycles. The molecule has 0 radical (unpaired) electrons. The van der Waals surface area contributed by atoms with E-state index in [0.29, 0.717) is 9.23 Å². The predicted molar refractivity (Wildman–Crippen MR) is 147 cm³/mol. The fraction of sp³-hybridized carbons (Fsp3) is 0.321. The van der Waals surface area contributed by atoms with Crippen LogP contribution < -0.4 is 4.90 Å². The minimum Gasteiger partial charge on any atom is -0.356 e. The molecule has 6 heteroatoms. The van der Waals surface area contributed by atoms with Gasteiger partial charge in [0, 0.05) is 24.0 Å². The minimum atomic E-state index is -0.111. The topological polar surface area (TPSA) is 36.4 Å². The van der Waals surface area contributed by atoms with Crippen molar-refractivity contribution < 1.29 is 4.79 Å². The molecule has 0 N–H and O–H groups in total. The van der Waals surface area contributed by atoms with Crippen LogP contribution in [0.4, 0.5) is 5.82 Å². The van der Waals surface area contributed by atoms with E-state index in [1.54, 1.807) is 4.90 Å². The maximum absolute atomic E-state index is 13.5. The molecule has 34 heavy (non-hydrogen) atoms. The first-order chi connectivity index (χ1) is 16.4. The van der Waals surface area contributed by atoms with E-state index in [0.717, 1.165) is 59.7 Å². The van der Waals surface area contributed by atoms with E-state index in [9.17, 15) is 4.79 Å². The van der Waals surface area contributed by atoms with Crippen molar-refractivity contribution in [2.75, 3.05) is 18.0 Å². The number of aryl methyl sites for hydroxylation is 1. The van der Waals surface area contributed by atoms with Crippen molar-refractivity contribution in [3.63, 3.8) is 0 Å². The highest BCUT2D eigenvalue weighted by Crippen LogP contribution is 2.39. The van der Waals surface area contributed by atoms with Crippen LogP contribution in [0.2, 0.25) is 0 Å². The number of carbonyl (C=O) groups is 1. The molecule has 174 valence electrons. The van der Waals surface area contributed by atoms with Gasteiger partial charge in [-0.25, -0.2) is 4.98 Å². The Hall–Kier alpha value is -2.70. The number of rotatable bonds is 4. The minimum absolute atomic E-state index is 0.0334. The summed E-state index contributed by atoms with van der Waals surface area (Å²) in [5.41, 5.74) is 4.25. The summed E-state index contributed by atoms with van der Waals surface area (Å²) in [7, 11) is 0. The number of anilines is 1. The Kier molecular flexibility index (Phi) is 6.45. The van der Waals surface area contributed by atoms with Gasteiger partial charge < -0.3 is 4.90 Å². The largest absolute Gasteiger partial charge is 0.356 e. The van der Waals surface area contributed by atoms with Crippen LogP contribution in [0.3, 0.4) is 0 Å². The maximum atomic E-state index is 13.5. The van der Waals surface area contributed by atoms with Crippen LogP contribution in [0.1, 0.15) is 49.4 Å². The molecule has 1 unspecified atom stereocenters. The average Bonchev–Trinajstić information content (AvgIpc) is 3.11. The number of thioether (sulfide) groups is 1. The van der Waals surface area contributed by atoms with Gasteiger partial charge in [0.25, 0.3) is 5.91 Å². The molecule has 2 saturated heterocycles. The summed E-state index contributed by atoms with van der Waals surface area (Å²) in [6, 6.07) is 18.5. The summed E-state index contributed by atoms with van der Waals surface area (Å²) in [5, 5.41) is 1.09. The molecule has 2 fully saturated rings. The number of aromatic nitrogens is 1. The number of hydrogen-bond acceptors (Lipinski definition) is 5. The third-order valence-electron chi connectivity index (χ3n) is 6.84. The standard InChI is InChI=1S/C28H29N3OS2/c1-18-11-13-30(14-12-18)26-23(16-22-15-19(2)9-10-24(22)29-26)17-25-27(32)31(28(33)34-25)20(3)21-7-5-4-6-8-21/h4-10,15-18,20H,11-14H2,1-3H3/b25-17-. The predicted octanol–water partition coefficient (Wildman–Crippen LogP) is 6.74. The van der Waals surface area contributed by atoms with Crippen LogP contribution in [-0.2, 0) is 4.79 Å². The Balaban J connectivity index is 1.54. The van der Waals surface area contributed by atoms with Gasteiger partial charge in [0.1, 0.15) is 10.1 Å². The Morgan fingerprint density at radius 1 is 1.12 bits per heavy atom. The summed E-state index contributed by atoms with van der Waals surface area (Å²) in [6.45, 7) is 8.41. The molecule has 1 atom stereocenters. The maximum Gasteiger partial charge on any atom is 0.266 e. The van der Waals surface area contributed by atoms with E-state index < -0.39 is 0 Å². The van der Waals surface area contributed by atoms with Gasteiger partial charge in [-0.15, -0.1) is 0 Å². The van der Waals surface area contributed by atoms with E-state index >= 15 is 0 Å². The third kappa shape index (κ3) is 4.49. The molecule has 2 aromatic carbocycles. The van der Waals surface area contributed by atoms with E-state index in [1.807, 2.05) is 43.3 Å². The summed E-state index contributed by atoms with van der Waals surface area (Å²) in [4.78, 5) is 23.3. The Labute approximate surface area is 211 Å². The number of nitrogens with zero attached hydrogens (tertiary/aromatic N) is 3. The molecule has 4 nitrogen and oxygen atoms in total. The van der Waals surface area contributed by atoms with Crippen LogP contribution in [0.15, 0.2) is 59.5 Å². The van der Waals surface area contributed by atoms with Gasteiger partial charge in [0.05, 0.1) is 16.5 Å². The number of amides is 1. The lowest BCUT2D eigenvalue weighted by Gasteiger charge is -2.32.